The van der Waals surface area contributed by atoms with Gasteiger partial charge in [0.1, 0.15) is 11.4 Å². The van der Waals surface area contributed by atoms with Crippen molar-refractivity contribution in [2.24, 2.45) is 0 Å². The highest BCUT2D eigenvalue weighted by Crippen LogP contribution is 2.37. The summed E-state index contributed by atoms with van der Waals surface area (Å²) >= 11 is 0. The number of carbonyl (C=O) groups excluding carboxylic acids is 2. The molecule has 1 heterocycles. The van der Waals surface area contributed by atoms with Gasteiger partial charge in [0.05, 0.1) is 17.9 Å². The monoisotopic (exact) mass is 462 g/mol. The Labute approximate surface area is 204 Å². The average molecular weight is 463 g/mol. The van der Waals surface area contributed by atoms with Crippen LogP contribution in [0.1, 0.15) is 23.6 Å². The minimum Gasteiger partial charge on any atom is -0.494 e. The number of carbonyl (C=O) groups is 2. The second kappa shape index (κ2) is 9.11. The predicted molar refractivity (Wildman–Crippen MR) is 141 cm³/mol. The Morgan fingerprint density at radius 2 is 1.51 bits per heavy atom. The summed E-state index contributed by atoms with van der Waals surface area (Å²) in [6.45, 7) is 6.37. The van der Waals surface area contributed by atoms with E-state index < -0.39 is 0 Å². The molecule has 0 unspecified atom stereocenters. The second-order valence-corrected chi connectivity index (χ2v) is 8.52. The van der Waals surface area contributed by atoms with Gasteiger partial charge < -0.3 is 10.1 Å². The number of anilines is 2. The molecule has 0 fully saturated rings. The molecular formula is C30H26N2O3. The lowest BCUT2D eigenvalue weighted by Crippen LogP contribution is -2.33. The fourth-order valence-corrected chi connectivity index (χ4v) is 4.46. The van der Waals surface area contributed by atoms with Gasteiger partial charge in [-0.25, -0.2) is 4.90 Å². The number of benzene rings is 4. The van der Waals surface area contributed by atoms with Crippen LogP contribution in [0.25, 0.3) is 16.3 Å². The van der Waals surface area contributed by atoms with Crippen molar-refractivity contribution in [3.8, 4) is 5.75 Å². The number of rotatable bonds is 6. The van der Waals surface area contributed by atoms with Crippen molar-refractivity contribution in [3.05, 3.63) is 107 Å². The third kappa shape index (κ3) is 3.95. The molecule has 0 aromatic heterocycles. The summed E-state index contributed by atoms with van der Waals surface area (Å²) in [5.74, 6) is -0.0142. The standard InChI is InChI=1S/C30H26N2O3/c1-4-35-23-17-15-22(16-18-23)27-28(31-25-13-8-11-21-10-5-6-12-24(21)25)30(34)32(29(27)33)26-14-7-9-19(2)20(26)3/h5-18,31H,4H2,1-3H3. The van der Waals surface area contributed by atoms with E-state index in [9.17, 15) is 9.59 Å². The Hall–Kier alpha value is -4.38. The molecule has 0 saturated carbocycles. The zero-order chi connectivity index (χ0) is 24.5. The Morgan fingerprint density at radius 3 is 2.29 bits per heavy atom. The van der Waals surface area contributed by atoms with Gasteiger partial charge in [-0.15, -0.1) is 0 Å². The summed E-state index contributed by atoms with van der Waals surface area (Å²) in [7, 11) is 0. The molecule has 4 aromatic rings. The molecule has 0 spiro atoms. The van der Waals surface area contributed by atoms with E-state index in [0.29, 0.717) is 29.2 Å². The third-order valence-electron chi connectivity index (χ3n) is 6.40. The minimum absolute atomic E-state index is 0.261. The number of hydrogen-bond acceptors (Lipinski definition) is 4. The minimum atomic E-state index is -0.375. The van der Waals surface area contributed by atoms with Gasteiger partial charge in [-0.05, 0) is 67.1 Å². The fourth-order valence-electron chi connectivity index (χ4n) is 4.46. The van der Waals surface area contributed by atoms with Crippen LogP contribution in [-0.4, -0.2) is 18.4 Å². The van der Waals surface area contributed by atoms with E-state index in [4.69, 9.17) is 4.74 Å². The smallest absolute Gasteiger partial charge is 0.282 e. The predicted octanol–water partition coefficient (Wildman–Crippen LogP) is 6.25. The lowest BCUT2D eigenvalue weighted by atomic mass is 10.0. The van der Waals surface area contributed by atoms with Gasteiger partial charge in [-0.1, -0.05) is 60.7 Å². The average Bonchev–Trinajstić information content (AvgIpc) is 3.11. The topological polar surface area (TPSA) is 58.6 Å². The van der Waals surface area contributed by atoms with E-state index >= 15 is 0 Å². The molecule has 0 saturated heterocycles. The van der Waals surface area contributed by atoms with Crippen LogP contribution in [0.5, 0.6) is 5.75 Å². The molecule has 0 aliphatic carbocycles. The van der Waals surface area contributed by atoms with Crippen LogP contribution in [-0.2, 0) is 9.59 Å². The summed E-state index contributed by atoms with van der Waals surface area (Å²) in [4.78, 5) is 28.9. The summed E-state index contributed by atoms with van der Waals surface area (Å²) in [5.41, 5.74) is 4.53. The van der Waals surface area contributed by atoms with E-state index in [1.165, 1.54) is 4.90 Å². The molecule has 35 heavy (non-hydrogen) atoms. The van der Waals surface area contributed by atoms with Crippen molar-refractivity contribution in [1.29, 1.82) is 0 Å². The largest absolute Gasteiger partial charge is 0.494 e. The van der Waals surface area contributed by atoms with Crippen molar-refractivity contribution in [3.63, 3.8) is 0 Å². The van der Waals surface area contributed by atoms with E-state index in [0.717, 1.165) is 27.6 Å². The van der Waals surface area contributed by atoms with E-state index in [1.54, 1.807) is 0 Å². The number of ether oxygens (including phenoxy) is 1. The van der Waals surface area contributed by atoms with Crippen LogP contribution in [0.15, 0.2) is 90.6 Å². The summed E-state index contributed by atoms with van der Waals surface area (Å²) in [5, 5.41) is 5.34. The van der Waals surface area contributed by atoms with Crippen molar-refractivity contribution >= 4 is 39.5 Å². The number of amides is 2. The molecule has 174 valence electrons. The first-order valence-corrected chi connectivity index (χ1v) is 11.7. The van der Waals surface area contributed by atoms with Gasteiger partial charge in [0.25, 0.3) is 11.8 Å². The Morgan fingerprint density at radius 1 is 0.800 bits per heavy atom. The van der Waals surface area contributed by atoms with Crippen LogP contribution >= 0.6 is 0 Å². The molecule has 4 aromatic carbocycles. The Balaban J connectivity index is 1.65. The summed E-state index contributed by atoms with van der Waals surface area (Å²) in [6, 6.07) is 26.8. The van der Waals surface area contributed by atoms with Gasteiger partial charge in [0, 0.05) is 11.1 Å². The van der Waals surface area contributed by atoms with Crippen molar-refractivity contribution < 1.29 is 14.3 Å². The number of hydrogen-bond donors (Lipinski definition) is 1. The van der Waals surface area contributed by atoms with Crippen LogP contribution < -0.4 is 15.0 Å². The highest BCUT2D eigenvalue weighted by Gasteiger charge is 2.41. The van der Waals surface area contributed by atoms with Crippen molar-refractivity contribution in [2.75, 3.05) is 16.8 Å². The third-order valence-corrected chi connectivity index (χ3v) is 6.40. The SMILES string of the molecule is CCOc1ccc(C2=C(Nc3cccc4ccccc34)C(=O)N(c3cccc(C)c3C)C2=O)cc1. The molecule has 1 aliphatic heterocycles. The first-order valence-electron chi connectivity index (χ1n) is 11.7. The highest BCUT2D eigenvalue weighted by molar-refractivity contribution is 6.46. The normalized spacial score (nSPS) is 13.6. The number of nitrogens with one attached hydrogen (secondary N) is 1. The number of imide groups is 1. The fraction of sp³-hybridized carbons (Fsp3) is 0.133. The van der Waals surface area contributed by atoms with E-state index in [2.05, 4.69) is 5.32 Å². The van der Waals surface area contributed by atoms with E-state index in [-0.39, 0.29) is 17.5 Å². The van der Waals surface area contributed by atoms with Gasteiger partial charge in [-0.2, -0.15) is 0 Å². The van der Waals surface area contributed by atoms with Gasteiger partial charge in [0.2, 0.25) is 0 Å². The molecule has 5 nitrogen and oxygen atoms in total. The van der Waals surface area contributed by atoms with Gasteiger partial charge in [0.15, 0.2) is 0 Å². The first-order chi connectivity index (χ1) is 17.0. The van der Waals surface area contributed by atoms with E-state index in [1.807, 2.05) is 106 Å². The van der Waals surface area contributed by atoms with Crippen LogP contribution in [0.4, 0.5) is 11.4 Å². The molecule has 1 aliphatic rings. The molecule has 0 atom stereocenters. The number of nitrogens with zero attached hydrogens (tertiary/aromatic N) is 1. The lowest BCUT2D eigenvalue weighted by molar-refractivity contribution is -0.120. The zero-order valence-electron chi connectivity index (χ0n) is 20.0. The quantitative estimate of drug-likeness (QED) is 0.344. The van der Waals surface area contributed by atoms with Crippen molar-refractivity contribution in [1.82, 2.24) is 0 Å². The van der Waals surface area contributed by atoms with Crippen LogP contribution in [0, 0.1) is 13.8 Å². The van der Waals surface area contributed by atoms with Gasteiger partial charge >= 0.3 is 0 Å². The maximum atomic E-state index is 13.8. The number of aryl methyl sites for hydroxylation is 1. The molecule has 0 radical (unpaired) electrons. The summed E-state index contributed by atoms with van der Waals surface area (Å²) < 4.78 is 5.57. The summed E-state index contributed by atoms with van der Waals surface area (Å²) in [6.07, 6.45) is 0. The lowest BCUT2D eigenvalue weighted by Gasteiger charge is -2.19. The maximum absolute atomic E-state index is 13.8. The van der Waals surface area contributed by atoms with Crippen LogP contribution in [0.3, 0.4) is 0 Å². The van der Waals surface area contributed by atoms with Crippen molar-refractivity contribution in [2.45, 2.75) is 20.8 Å². The molecule has 1 N–H and O–H groups in total. The maximum Gasteiger partial charge on any atom is 0.282 e. The Bertz CT molecular complexity index is 1480. The highest BCUT2D eigenvalue weighted by atomic mass is 16.5. The molecule has 5 rings (SSSR count). The number of fused-ring (bicyclic) bond motifs is 1. The zero-order valence-corrected chi connectivity index (χ0v) is 20.0. The Kier molecular flexibility index (Phi) is 5.83. The molecule has 2 amide bonds. The molecule has 0 bridgehead atoms. The van der Waals surface area contributed by atoms with Gasteiger partial charge in [-0.3, -0.25) is 9.59 Å². The first kappa shape index (κ1) is 22.4. The molecular weight excluding hydrogens is 436 g/mol. The van der Waals surface area contributed by atoms with Crippen LogP contribution in [0.2, 0.25) is 0 Å². The second-order valence-electron chi connectivity index (χ2n) is 8.52. The molecule has 5 heteroatoms.